The van der Waals surface area contributed by atoms with Crippen LogP contribution in [0.15, 0.2) is 0 Å². The molecular weight excluding hydrogens is 210 g/mol. The molecule has 1 aliphatic heterocycles. The second-order valence-corrected chi connectivity index (χ2v) is 6.66. The minimum absolute atomic E-state index is 0.106. The van der Waals surface area contributed by atoms with Crippen LogP contribution in [0.1, 0.15) is 59.8 Å². The zero-order valence-corrected chi connectivity index (χ0v) is 12.3. The van der Waals surface area contributed by atoms with Crippen LogP contribution in [0.25, 0.3) is 0 Å². The summed E-state index contributed by atoms with van der Waals surface area (Å²) < 4.78 is 0. The smallest absolute Gasteiger partial charge is 0.0497 e. The lowest BCUT2D eigenvalue weighted by Gasteiger charge is -2.42. The summed E-state index contributed by atoms with van der Waals surface area (Å²) in [5, 5.41) is 9.57. The first-order valence-corrected chi connectivity index (χ1v) is 7.30. The molecule has 2 heteroatoms. The lowest BCUT2D eigenvalue weighted by molar-refractivity contribution is 0.0432. The SMILES string of the molecule is CCCC(C)(CO)CN1CCC(C)(CC)CC1. The van der Waals surface area contributed by atoms with Gasteiger partial charge in [0.2, 0.25) is 0 Å². The molecule has 0 aromatic rings. The first kappa shape index (κ1) is 15.0. The minimum atomic E-state index is 0.106. The van der Waals surface area contributed by atoms with Crippen LogP contribution < -0.4 is 0 Å². The molecule has 0 amide bonds. The number of hydrogen-bond acceptors (Lipinski definition) is 2. The van der Waals surface area contributed by atoms with E-state index in [-0.39, 0.29) is 5.41 Å². The van der Waals surface area contributed by atoms with Gasteiger partial charge in [0.25, 0.3) is 0 Å². The average Bonchev–Trinajstić information content (AvgIpc) is 2.33. The van der Waals surface area contributed by atoms with Gasteiger partial charge in [-0.05, 0) is 37.8 Å². The quantitative estimate of drug-likeness (QED) is 0.771. The van der Waals surface area contributed by atoms with Crippen LogP contribution in [0, 0.1) is 10.8 Å². The molecule has 1 aliphatic rings. The van der Waals surface area contributed by atoms with E-state index >= 15 is 0 Å². The van der Waals surface area contributed by atoms with Crippen molar-refractivity contribution in [3.8, 4) is 0 Å². The first-order valence-electron chi connectivity index (χ1n) is 7.30. The van der Waals surface area contributed by atoms with Gasteiger partial charge in [0.05, 0.1) is 0 Å². The van der Waals surface area contributed by atoms with Crippen LogP contribution in [0.3, 0.4) is 0 Å². The largest absolute Gasteiger partial charge is 0.396 e. The summed E-state index contributed by atoms with van der Waals surface area (Å²) >= 11 is 0. The summed E-state index contributed by atoms with van der Waals surface area (Å²) in [7, 11) is 0. The highest BCUT2D eigenvalue weighted by Gasteiger charge is 2.32. The number of nitrogens with zero attached hydrogens (tertiary/aromatic N) is 1. The van der Waals surface area contributed by atoms with Crippen LogP contribution in [-0.4, -0.2) is 36.2 Å². The molecule has 1 fully saturated rings. The number of likely N-dealkylation sites (tertiary alicyclic amines) is 1. The maximum absolute atomic E-state index is 9.57. The van der Waals surface area contributed by atoms with E-state index in [4.69, 9.17) is 0 Å². The van der Waals surface area contributed by atoms with Gasteiger partial charge in [0.15, 0.2) is 0 Å². The summed E-state index contributed by atoms with van der Waals surface area (Å²) in [6.07, 6.45) is 6.23. The Bertz CT molecular complexity index is 221. The Kier molecular flexibility index (Phi) is 5.46. The molecule has 1 rings (SSSR count). The zero-order chi connectivity index (χ0) is 12.9. The summed E-state index contributed by atoms with van der Waals surface area (Å²) in [5.74, 6) is 0. The van der Waals surface area contributed by atoms with Gasteiger partial charge < -0.3 is 10.0 Å². The average molecular weight is 241 g/mol. The Hall–Kier alpha value is -0.0800. The molecule has 0 bridgehead atoms. The molecule has 1 saturated heterocycles. The third-order valence-electron chi connectivity index (χ3n) is 4.76. The van der Waals surface area contributed by atoms with Crippen molar-refractivity contribution in [2.75, 3.05) is 26.2 Å². The fourth-order valence-electron chi connectivity index (χ4n) is 2.96. The van der Waals surface area contributed by atoms with E-state index in [1.165, 1.54) is 32.4 Å². The second kappa shape index (κ2) is 6.19. The fraction of sp³-hybridized carbons (Fsp3) is 1.00. The number of piperidine rings is 1. The lowest BCUT2D eigenvalue weighted by atomic mass is 9.77. The Morgan fingerprint density at radius 3 is 2.24 bits per heavy atom. The highest BCUT2D eigenvalue weighted by Crippen LogP contribution is 2.35. The van der Waals surface area contributed by atoms with Crippen molar-refractivity contribution in [2.24, 2.45) is 10.8 Å². The van der Waals surface area contributed by atoms with Gasteiger partial charge in [-0.2, -0.15) is 0 Å². The standard InChI is InChI=1S/C15H31NO/c1-5-7-15(4,13-17)12-16-10-8-14(3,6-2)9-11-16/h17H,5-13H2,1-4H3. The monoisotopic (exact) mass is 241 g/mol. The van der Waals surface area contributed by atoms with Gasteiger partial charge in [0, 0.05) is 18.6 Å². The van der Waals surface area contributed by atoms with Gasteiger partial charge in [-0.3, -0.25) is 0 Å². The third-order valence-corrected chi connectivity index (χ3v) is 4.76. The summed E-state index contributed by atoms with van der Waals surface area (Å²) in [6.45, 7) is 13.0. The van der Waals surface area contributed by atoms with Gasteiger partial charge in [-0.15, -0.1) is 0 Å². The summed E-state index contributed by atoms with van der Waals surface area (Å²) in [4.78, 5) is 2.56. The van der Waals surface area contributed by atoms with Gasteiger partial charge in [-0.25, -0.2) is 0 Å². The first-order chi connectivity index (χ1) is 7.97. The molecule has 17 heavy (non-hydrogen) atoms. The number of hydrogen-bond donors (Lipinski definition) is 1. The van der Waals surface area contributed by atoms with Crippen LogP contribution in [0.5, 0.6) is 0 Å². The Labute approximate surface area is 107 Å². The Morgan fingerprint density at radius 2 is 1.82 bits per heavy atom. The van der Waals surface area contributed by atoms with Crippen LogP contribution in [0.2, 0.25) is 0 Å². The third kappa shape index (κ3) is 4.26. The maximum atomic E-state index is 9.57. The highest BCUT2D eigenvalue weighted by molar-refractivity contribution is 4.85. The molecule has 2 nitrogen and oxygen atoms in total. The van der Waals surface area contributed by atoms with Crippen LogP contribution in [0.4, 0.5) is 0 Å². The molecule has 1 heterocycles. The topological polar surface area (TPSA) is 23.5 Å². The van der Waals surface area contributed by atoms with Crippen LogP contribution >= 0.6 is 0 Å². The molecule has 1 atom stereocenters. The molecule has 0 radical (unpaired) electrons. The van der Waals surface area contributed by atoms with Crippen molar-refractivity contribution in [1.82, 2.24) is 4.90 Å². The predicted octanol–water partition coefficient (Wildman–Crippen LogP) is 3.30. The number of rotatable bonds is 6. The molecule has 1 unspecified atom stereocenters. The van der Waals surface area contributed by atoms with E-state index in [2.05, 4.69) is 32.6 Å². The number of aliphatic hydroxyl groups is 1. The van der Waals surface area contributed by atoms with E-state index in [1.54, 1.807) is 0 Å². The van der Waals surface area contributed by atoms with Gasteiger partial charge in [-0.1, -0.05) is 40.5 Å². The lowest BCUT2D eigenvalue weighted by Crippen LogP contribution is -2.44. The zero-order valence-electron chi connectivity index (χ0n) is 12.3. The van der Waals surface area contributed by atoms with E-state index in [0.29, 0.717) is 12.0 Å². The highest BCUT2D eigenvalue weighted by atomic mass is 16.3. The molecule has 102 valence electrons. The van der Waals surface area contributed by atoms with E-state index in [0.717, 1.165) is 19.4 Å². The minimum Gasteiger partial charge on any atom is -0.396 e. The summed E-state index contributed by atoms with van der Waals surface area (Å²) in [5.41, 5.74) is 0.672. The van der Waals surface area contributed by atoms with Crippen molar-refractivity contribution >= 4 is 0 Å². The van der Waals surface area contributed by atoms with E-state index in [1.807, 2.05) is 0 Å². The van der Waals surface area contributed by atoms with Gasteiger partial charge >= 0.3 is 0 Å². The Morgan fingerprint density at radius 1 is 1.24 bits per heavy atom. The molecular formula is C15H31NO. The second-order valence-electron chi connectivity index (χ2n) is 6.66. The van der Waals surface area contributed by atoms with E-state index < -0.39 is 0 Å². The predicted molar refractivity (Wildman–Crippen MR) is 74.2 cm³/mol. The van der Waals surface area contributed by atoms with Crippen molar-refractivity contribution in [3.63, 3.8) is 0 Å². The van der Waals surface area contributed by atoms with Crippen molar-refractivity contribution in [2.45, 2.75) is 59.8 Å². The van der Waals surface area contributed by atoms with Crippen LogP contribution in [-0.2, 0) is 0 Å². The normalized spacial score (nSPS) is 24.5. The molecule has 0 saturated carbocycles. The molecule has 0 aromatic heterocycles. The van der Waals surface area contributed by atoms with E-state index in [9.17, 15) is 5.11 Å². The van der Waals surface area contributed by atoms with Crippen molar-refractivity contribution in [3.05, 3.63) is 0 Å². The Balaban J connectivity index is 2.44. The molecule has 0 spiro atoms. The van der Waals surface area contributed by atoms with Crippen molar-refractivity contribution in [1.29, 1.82) is 0 Å². The fourth-order valence-corrected chi connectivity index (χ4v) is 2.96. The number of aliphatic hydroxyl groups excluding tert-OH is 1. The molecule has 0 aromatic carbocycles. The van der Waals surface area contributed by atoms with Crippen molar-refractivity contribution < 1.29 is 5.11 Å². The van der Waals surface area contributed by atoms with Gasteiger partial charge in [0.1, 0.15) is 0 Å². The molecule has 1 N–H and O–H groups in total. The maximum Gasteiger partial charge on any atom is 0.0497 e. The summed E-state index contributed by atoms with van der Waals surface area (Å²) in [6, 6.07) is 0. The molecule has 0 aliphatic carbocycles.